The molecule has 1 N–H and O–H groups in total. The lowest BCUT2D eigenvalue weighted by Crippen LogP contribution is -2.47. The van der Waals surface area contributed by atoms with Gasteiger partial charge in [-0.25, -0.2) is 0 Å². The van der Waals surface area contributed by atoms with E-state index >= 15 is 0 Å². The molecule has 1 saturated carbocycles. The van der Waals surface area contributed by atoms with Gasteiger partial charge in [-0.05, 0) is 38.0 Å². The fourth-order valence-corrected chi connectivity index (χ4v) is 3.97. The third-order valence-electron chi connectivity index (χ3n) is 5.23. The van der Waals surface area contributed by atoms with Gasteiger partial charge in [-0.15, -0.1) is 0 Å². The van der Waals surface area contributed by atoms with E-state index in [1.54, 1.807) is 0 Å². The number of rotatable bonds is 4. The molecule has 2 saturated heterocycles. The first-order valence-electron chi connectivity index (χ1n) is 8.42. The molecule has 114 valence electrons. The first kappa shape index (κ1) is 14.3. The van der Waals surface area contributed by atoms with Gasteiger partial charge in [0, 0.05) is 44.8 Å². The largest absolute Gasteiger partial charge is 0.381 e. The molecule has 0 aromatic carbocycles. The van der Waals surface area contributed by atoms with Crippen LogP contribution in [0.3, 0.4) is 0 Å². The zero-order chi connectivity index (χ0) is 13.8. The van der Waals surface area contributed by atoms with Crippen molar-refractivity contribution in [3.8, 4) is 0 Å². The van der Waals surface area contributed by atoms with Crippen LogP contribution in [-0.2, 0) is 9.53 Å². The number of carbonyl (C=O) groups excluding carboxylic acids is 1. The van der Waals surface area contributed by atoms with Gasteiger partial charge in [-0.1, -0.05) is 12.8 Å². The van der Waals surface area contributed by atoms with E-state index in [-0.39, 0.29) is 5.91 Å². The van der Waals surface area contributed by atoms with Crippen LogP contribution in [0.25, 0.3) is 0 Å². The number of nitrogens with one attached hydrogen (secondary N) is 1. The normalized spacial score (nSPS) is 29.9. The van der Waals surface area contributed by atoms with Gasteiger partial charge < -0.3 is 15.0 Å². The number of ether oxygens (including phenoxy) is 1. The summed E-state index contributed by atoms with van der Waals surface area (Å²) in [5.74, 6) is 0.688. The number of hydrogen-bond acceptors (Lipinski definition) is 3. The van der Waals surface area contributed by atoms with E-state index in [0.29, 0.717) is 18.4 Å². The monoisotopic (exact) mass is 280 g/mol. The van der Waals surface area contributed by atoms with E-state index in [1.165, 1.54) is 38.8 Å². The summed E-state index contributed by atoms with van der Waals surface area (Å²) in [7, 11) is 0. The van der Waals surface area contributed by atoms with Gasteiger partial charge in [0.05, 0.1) is 0 Å². The third-order valence-corrected chi connectivity index (χ3v) is 5.23. The highest BCUT2D eigenvalue weighted by Gasteiger charge is 2.28. The summed E-state index contributed by atoms with van der Waals surface area (Å²) in [6, 6.07) is 1.24. The van der Waals surface area contributed by atoms with Crippen molar-refractivity contribution in [2.45, 2.75) is 63.5 Å². The highest BCUT2D eigenvalue weighted by molar-refractivity contribution is 5.76. The SMILES string of the molecule is O=C(C[C@@H]1CCOC1)NC1CCN(C2CCCC2)CC1. The highest BCUT2D eigenvalue weighted by atomic mass is 16.5. The van der Waals surface area contributed by atoms with E-state index in [0.717, 1.165) is 38.5 Å². The Labute approximate surface area is 122 Å². The quantitative estimate of drug-likeness (QED) is 0.855. The Morgan fingerprint density at radius 2 is 1.85 bits per heavy atom. The standard InChI is InChI=1S/C16H28N2O2/c19-16(11-13-7-10-20-12-13)17-14-5-8-18(9-6-14)15-3-1-2-4-15/h13-15H,1-12H2,(H,17,19)/t13-/m0/s1. The smallest absolute Gasteiger partial charge is 0.220 e. The number of piperidine rings is 1. The minimum atomic E-state index is 0.236. The second-order valence-electron chi connectivity index (χ2n) is 6.75. The van der Waals surface area contributed by atoms with Crippen LogP contribution in [0.5, 0.6) is 0 Å². The van der Waals surface area contributed by atoms with Crippen molar-refractivity contribution >= 4 is 5.91 Å². The van der Waals surface area contributed by atoms with Crippen LogP contribution in [-0.4, -0.2) is 49.2 Å². The molecule has 4 nitrogen and oxygen atoms in total. The molecule has 0 bridgehead atoms. The number of hydrogen-bond donors (Lipinski definition) is 1. The van der Waals surface area contributed by atoms with Crippen LogP contribution in [0.2, 0.25) is 0 Å². The molecule has 0 spiro atoms. The average molecular weight is 280 g/mol. The second kappa shape index (κ2) is 6.90. The van der Waals surface area contributed by atoms with Crippen molar-refractivity contribution < 1.29 is 9.53 Å². The van der Waals surface area contributed by atoms with Crippen molar-refractivity contribution in [3.05, 3.63) is 0 Å². The molecule has 2 heterocycles. The first-order valence-corrected chi connectivity index (χ1v) is 8.42. The number of amides is 1. The zero-order valence-corrected chi connectivity index (χ0v) is 12.5. The van der Waals surface area contributed by atoms with Gasteiger partial charge in [0.2, 0.25) is 5.91 Å². The lowest BCUT2D eigenvalue weighted by atomic mass is 10.0. The van der Waals surface area contributed by atoms with Crippen LogP contribution in [0.4, 0.5) is 0 Å². The van der Waals surface area contributed by atoms with Gasteiger partial charge in [0.1, 0.15) is 0 Å². The van der Waals surface area contributed by atoms with E-state index in [4.69, 9.17) is 4.74 Å². The molecule has 1 amide bonds. The summed E-state index contributed by atoms with van der Waals surface area (Å²) >= 11 is 0. The van der Waals surface area contributed by atoms with Gasteiger partial charge in [0.15, 0.2) is 0 Å². The Hall–Kier alpha value is -0.610. The Morgan fingerprint density at radius 1 is 1.10 bits per heavy atom. The summed E-state index contributed by atoms with van der Waals surface area (Å²) < 4.78 is 5.33. The van der Waals surface area contributed by atoms with Crippen LogP contribution in [0.15, 0.2) is 0 Å². The molecule has 2 aliphatic heterocycles. The molecule has 20 heavy (non-hydrogen) atoms. The van der Waals surface area contributed by atoms with Crippen molar-refractivity contribution in [1.82, 2.24) is 10.2 Å². The van der Waals surface area contributed by atoms with E-state index in [1.807, 2.05) is 0 Å². The number of carbonyl (C=O) groups is 1. The fourth-order valence-electron chi connectivity index (χ4n) is 3.97. The van der Waals surface area contributed by atoms with E-state index < -0.39 is 0 Å². The summed E-state index contributed by atoms with van der Waals surface area (Å²) in [4.78, 5) is 14.7. The van der Waals surface area contributed by atoms with Crippen LogP contribution in [0, 0.1) is 5.92 Å². The average Bonchev–Trinajstić information content (AvgIpc) is 3.12. The predicted octanol–water partition coefficient (Wildman–Crippen LogP) is 1.94. The van der Waals surface area contributed by atoms with E-state index in [9.17, 15) is 4.79 Å². The first-order chi connectivity index (χ1) is 9.81. The highest BCUT2D eigenvalue weighted by Crippen LogP contribution is 2.26. The molecule has 1 aliphatic carbocycles. The van der Waals surface area contributed by atoms with Crippen LogP contribution in [0.1, 0.15) is 51.4 Å². The number of nitrogens with zero attached hydrogens (tertiary/aromatic N) is 1. The summed E-state index contributed by atoms with van der Waals surface area (Å²) in [6.45, 7) is 3.94. The van der Waals surface area contributed by atoms with E-state index in [2.05, 4.69) is 10.2 Å². The molecule has 3 rings (SSSR count). The Balaban J connectivity index is 1.36. The van der Waals surface area contributed by atoms with Crippen LogP contribution >= 0.6 is 0 Å². The van der Waals surface area contributed by atoms with Crippen molar-refractivity contribution in [1.29, 1.82) is 0 Å². The number of likely N-dealkylation sites (tertiary alicyclic amines) is 1. The van der Waals surface area contributed by atoms with Crippen molar-refractivity contribution in [3.63, 3.8) is 0 Å². The summed E-state index contributed by atoms with van der Waals surface area (Å²) in [5.41, 5.74) is 0. The molecule has 0 aromatic heterocycles. The van der Waals surface area contributed by atoms with Gasteiger partial charge in [-0.3, -0.25) is 4.79 Å². The predicted molar refractivity (Wildman–Crippen MR) is 78.5 cm³/mol. The minimum absolute atomic E-state index is 0.236. The summed E-state index contributed by atoms with van der Waals surface area (Å²) in [5, 5.41) is 3.24. The second-order valence-corrected chi connectivity index (χ2v) is 6.75. The lowest BCUT2D eigenvalue weighted by Gasteiger charge is -2.36. The maximum atomic E-state index is 12.0. The Bertz CT molecular complexity index is 314. The van der Waals surface area contributed by atoms with Gasteiger partial charge in [-0.2, -0.15) is 0 Å². The summed E-state index contributed by atoms with van der Waals surface area (Å²) in [6.07, 6.45) is 9.55. The third kappa shape index (κ3) is 3.73. The molecule has 1 atom stereocenters. The molecule has 3 aliphatic rings. The van der Waals surface area contributed by atoms with Crippen molar-refractivity contribution in [2.75, 3.05) is 26.3 Å². The van der Waals surface area contributed by atoms with Gasteiger partial charge in [0.25, 0.3) is 0 Å². The molecule has 0 unspecified atom stereocenters. The maximum absolute atomic E-state index is 12.0. The Morgan fingerprint density at radius 3 is 2.50 bits per heavy atom. The van der Waals surface area contributed by atoms with Crippen molar-refractivity contribution in [2.24, 2.45) is 5.92 Å². The maximum Gasteiger partial charge on any atom is 0.220 e. The molecular weight excluding hydrogens is 252 g/mol. The molecule has 3 fully saturated rings. The Kier molecular flexibility index (Phi) is 4.94. The molecule has 0 aromatic rings. The fraction of sp³-hybridized carbons (Fsp3) is 0.938. The zero-order valence-electron chi connectivity index (χ0n) is 12.5. The minimum Gasteiger partial charge on any atom is -0.381 e. The molecule has 0 radical (unpaired) electrons. The molecular formula is C16H28N2O2. The lowest BCUT2D eigenvalue weighted by molar-refractivity contribution is -0.123. The van der Waals surface area contributed by atoms with Gasteiger partial charge >= 0.3 is 0 Å². The topological polar surface area (TPSA) is 41.6 Å². The van der Waals surface area contributed by atoms with Crippen LogP contribution < -0.4 is 5.32 Å². The molecule has 4 heteroatoms.